The monoisotopic (exact) mass is 342 g/mol. The predicted molar refractivity (Wildman–Crippen MR) is 107 cm³/mol. The van der Waals surface area contributed by atoms with Crippen LogP contribution in [0.2, 0.25) is 0 Å². The van der Waals surface area contributed by atoms with Crippen LogP contribution in [0.5, 0.6) is 0 Å². The van der Waals surface area contributed by atoms with E-state index in [2.05, 4.69) is 36.1 Å². The second kappa shape index (κ2) is 7.14. The van der Waals surface area contributed by atoms with Gasteiger partial charge in [-0.1, -0.05) is 78.9 Å². The van der Waals surface area contributed by atoms with Crippen LogP contribution in [-0.4, -0.2) is 23.0 Å². The van der Waals surface area contributed by atoms with E-state index in [-0.39, 0.29) is 12.1 Å². The quantitative estimate of drug-likeness (QED) is 0.761. The molecule has 4 rings (SSSR count). The van der Waals surface area contributed by atoms with Gasteiger partial charge in [-0.05, 0) is 24.6 Å². The molecule has 1 N–H and O–H groups in total. The van der Waals surface area contributed by atoms with Crippen LogP contribution in [-0.2, 0) is 0 Å². The smallest absolute Gasteiger partial charge is 0.136 e. The highest BCUT2D eigenvalue weighted by molar-refractivity contribution is 6.11. The number of rotatable bonds is 4. The summed E-state index contributed by atoms with van der Waals surface area (Å²) in [5.74, 6) is 0.907. The number of hydrogen-bond donors (Lipinski definition) is 1. The number of aliphatic hydroxyl groups excluding tert-OH is 1. The first kappa shape index (κ1) is 16.6. The zero-order chi connectivity index (χ0) is 17.9. The molecule has 0 saturated heterocycles. The second-order valence-electron chi connectivity index (χ2n) is 6.61. The molecule has 0 aliphatic carbocycles. The van der Waals surface area contributed by atoms with E-state index < -0.39 is 6.10 Å². The second-order valence-corrected chi connectivity index (χ2v) is 6.61. The molecular weight excluding hydrogens is 320 g/mol. The van der Waals surface area contributed by atoms with Gasteiger partial charge in [-0.2, -0.15) is 0 Å². The van der Waals surface area contributed by atoms with Gasteiger partial charge in [-0.25, -0.2) is 0 Å². The van der Waals surface area contributed by atoms with Crippen LogP contribution in [0, 0.1) is 0 Å². The van der Waals surface area contributed by atoms with E-state index in [1.165, 1.54) is 0 Å². The molecule has 0 unspecified atom stereocenters. The van der Waals surface area contributed by atoms with Crippen molar-refractivity contribution >= 4 is 11.5 Å². The molecule has 130 valence electrons. The molecule has 26 heavy (non-hydrogen) atoms. The Bertz CT molecular complexity index is 878. The lowest BCUT2D eigenvalue weighted by molar-refractivity contribution is 0.142. The lowest BCUT2D eigenvalue weighted by Gasteiger charge is -2.29. The van der Waals surface area contributed by atoms with Crippen LogP contribution < -0.4 is 4.90 Å². The molecule has 0 bridgehead atoms. The Morgan fingerprint density at radius 3 is 1.96 bits per heavy atom. The van der Waals surface area contributed by atoms with Crippen molar-refractivity contribution in [1.29, 1.82) is 0 Å². The van der Waals surface area contributed by atoms with Crippen molar-refractivity contribution in [3.05, 3.63) is 102 Å². The summed E-state index contributed by atoms with van der Waals surface area (Å²) in [5.41, 5.74) is 3.05. The van der Waals surface area contributed by atoms with Crippen LogP contribution in [0.3, 0.4) is 0 Å². The largest absolute Gasteiger partial charge is 0.386 e. The molecular formula is C23H22N2O. The molecule has 3 heteroatoms. The summed E-state index contributed by atoms with van der Waals surface area (Å²) < 4.78 is 0. The van der Waals surface area contributed by atoms with Gasteiger partial charge < -0.3 is 10.0 Å². The van der Waals surface area contributed by atoms with Crippen LogP contribution >= 0.6 is 0 Å². The molecule has 0 radical (unpaired) electrons. The van der Waals surface area contributed by atoms with Gasteiger partial charge in [-0.15, -0.1) is 0 Å². The van der Waals surface area contributed by atoms with Gasteiger partial charge in [0.25, 0.3) is 0 Å². The SMILES string of the molecule is C[C@H]1[C@H]([C@@H](O)c2ccccc2)N=C(c2ccccc2)N1c1ccccc1. The lowest BCUT2D eigenvalue weighted by atomic mass is 9.97. The van der Waals surface area contributed by atoms with Crippen LogP contribution in [0.1, 0.15) is 24.2 Å². The topological polar surface area (TPSA) is 35.8 Å². The van der Waals surface area contributed by atoms with Crippen LogP contribution in [0.15, 0.2) is 96.0 Å². The molecule has 3 nitrogen and oxygen atoms in total. The Labute approximate surface area is 154 Å². The normalized spacial score (nSPS) is 20.7. The van der Waals surface area contributed by atoms with E-state index in [1.54, 1.807) is 0 Å². The van der Waals surface area contributed by atoms with E-state index in [9.17, 15) is 5.11 Å². The van der Waals surface area contributed by atoms with E-state index in [4.69, 9.17) is 4.99 Å². The molecule has 1 aliphatic heterocycles. The summed E-state index contributed by atoms with van der Waals surface area (Å²) >= 11 is 0. The number of para-hydroxylation sites is 1. The Morgan fingerprint density at radius 1 is 0.808 bits per heavy atom. The van der Waals surface area contributed by atoms with E-state index in [0.29, 0.717) is 0 Å². The lowest BCUT2D eigenvalue weighted by Crippen LogP contribution is -2.40. The highest BCUT2D eigenvalue weighted by Crippen LogP contribution is 2.34. The third kappa shape index (κ3) is 3.02. The summed E-state index contributed by atoms with van der Waals surface area (Å²) in [6.07, 6.45) is -0.640. The van der Waals surface area contributed by atoms with Gasteiger partial charge in [0, 0.05) is 11.3 Å². The molecule has 3 aromatic rings. The standard InChI is InChI=1S/C23H22N2O/c1-17-21(22(26)18-11-5-2-6-12-18)24-23(19-13-7-3-8-14-19)25(17)20-15-9-4-10-16-20/h2-17,21-22,26H,1H3/t17-,21+,22-/m0/s1. The van der Waals surface area contributed by atoms with Crippen LogP contribution in [0.25, 0.3) is 0 Å². The van der Waals surface area contributed by atoms with Crippen molar-refractivity contribution in [3.8, 4) is 0 Å². The third-order valence-electron chi connectivity index (χ3n) is 4.93. The number of amidine groups is 1. The molecule has 0 saturated carbocycles. The maximum atomic E-state index is 11.0. The Balaban J connectivity index is 1.76. The number of benzene rings is 3. The predicted octanol–water partition coefficient (Wildman–Crippen LogP) is 4.44. The van der Waals surface area contributed by atoms with E-state index in [0.717, 1.165) is 22.6 Å². The minimum atomic E-state index is -0.640. The zero-order valence-electron chi connectivity index (χ0n) is 14.7. The van der Waals surface area contributed by atoms with Crippen molar-refractivity contribution in [2.75, 3.05) is 4.90 Å². The fraction of sp³-hybridized carbons (Fsp3) is 0.174. The highest BCUT2D eigenvalue weighted by atomic mass is 16.3. The Morgan fingerprint density at radius 2 is 1.35 bits per heavy atom. The first-order chi connectivity index (χ1) is 12.8. The molecule has 0 fully saturated rings. The average Bonchev–Trinajstić information content (AvgIpc) is 3.06. The number of anilines is 1. The fourth-order valence-electron chi connectivity index (χ4n) is 3.59. The average molecular weight is 342 g/mol. The fourth-order valence-corrected chi connectivity index (χ4v) is 3.59. The maximum absolute atomic E-state index is 11.0. The summed E-state index contributed by atoms with van der Waals surface area (Å²) in [5, 5.41) is 11.0. The zero-order valence-corrected chi connectivity index (χ0v) is 14.7. The van der Waals surface area contributed by atoms with Gasteiger partial charge >= 0.3 is 0 Å². The minimum Gasteiger partial charge on any atom is -0.386 e. The van der Waals surface area contributed by atoms with Gasteiger partial charge in [0.15, 0.2) is 0 Å². The van der Waals surface area contributed by atoms with Crippen molar-refractivity contribution in [1.82, 2.24) is 0 Å². The molecule has 0 aromatic heterocycles. The first-order valence-electron chi connectivity index (χ1n) is 8.96. The molecule has 0 spiro atoms. The highest BCUT2D eigenvalue weighted by Gasteiger charge is 2.38. The van der Waals surface area contributed by atoms with Gasteiger partial charge in [0.2, 0.25) is 0 Å². The van der Waals surface area contributed by atoms with Crippen molar-refractivity contribution in [3.63, 3.8) is 0 Å². The van der Waals surface area contributed by atoms with Gasteiger partial charge in [-0.3, -0.25) is 4.99 Å². The summed E-state index contributed by atoms with van der Waals surface area (Å²) in [6.45, 7) is 2.13. The third-order valence-corrected chi connectivity index (χ3v) is 4.93. The van der Waals surface area contributed by atoms with Gasteiger partial charge in [0.05, 0.1) is 6.04 Å². The van der Waals surface area contributed by atoms with Crippen LogP contribution in [0.4, 0.5) is 5.69 Å². The number of nitrogens with zero attached hydrogens (tertiary/aromatic N) is 2. The van der Waals surface area contributed by atoms with Crippen molar-refractivity contribution in [2.24, 2.45) is 4.99 Å². The summed E-state index contributed by atoms with van der Waals surface area (Å²) in [6, 6.07) is 30.0. The first-order valence-corrected chi connectivity index (χ1v) is 8.96. The molecule has 3 atom stereocenters. The molecule has 0 amide bonds. The summed E-state index contributed by atoms with van der Waals surface area (Å²) in [4.78, 5) is 7.19. The number of aliphatic imine (C=N–C) groups is 1. The number of hydrogen-bond acceptors (Lipinski definition) is 3. The summed E-state index contributed by atoms with van der Waals surface area (Å²) in [7, 11) is 0. The minimum absolute atomic E-state index is 0.0443. The Hall–Kier alpha value is -2.91. The number of aliphatic hydroxyl groups is 1. The van der Waals surface area contributed by atoms with Gasteiger partial charge in [0.1, 0.15) is 18.0 Å². The van der Waals surface area contributed by atoms with E-state index >= 15 is 0 Å². The molecule has 1 aliphatic rings. The van der Waals surface area contributed by atoms with E-state index in [1.807, 2.05) is 66.7 Å². The Kier molecular flexibility index (Phi) is 4.55. The molecule has 1 heterocycles. The maximum Gasteiger partial charge on any atom is 0.136 e. The molecule has 3 aromatic carbocycles. The van der Waals surface area contributed by atoms with Crippen molar-refractivity contribution < 1.29 is 5.11 Å². The van der Waals surface area contributed by atoms with Crippen molar-refractivity contribution in [2.45, 2.75) is 25.1 Å².